The molecule has 0 bridgehead atoms. The van der Waals surface area contributed by atoms with Crippen LogP contribution in [0.4, 0.5) is 11.4 Å². The number of aliphatic hydroxyl groups excluding tert-OH is 1. The normalized spacial score (nSPS) is 26.8. The summed E-state index contributed by atoms with van der Waals surface area (Å²) in [6.07, 6.45) is -0.659. The molecule has 3 unspecified atom stereocenters. The molecule has 1 saturated heterocycles. The van der Waals surface area contributed by atoms with E-state index in [9.17, 15) is 5.11 Å². The summed E-state index contributed by atoms with van der Waals surface area (Å²) in [6.45, 7) is 0.808. The van der Waals surface area contributed by atoms with Gasteiger partial charge in [0.1, 0.15) is 0 Å². The van der Waals surface area contributed by atoms with Gasteiger partial charge in [-0.15, -0.1) is 0 Å². The molecule has 0 aliphatic carbocycles. The van der Waals surface area contributed by atoms with Gasteiger partial charge in [0.25, 0.3) is 0 Å². The molecule has 22 heavy (non-hydrogen) atoms. The highest BCUT2D eigenvalue weighted by Gasteiger charge is 2.38. The van der Waals surface area contributed by atoms with Crippen LogP contribution in [-0.4, -0.2) is 36.5 Å². The Morgan fingerprint density at radius 3 is 2.18 bits per heavy atom. The van der Waals surface area contributed by atoms with Crippen LogP contribution >= 0.6 is 0 Å². The van der Waals surface area contributed by atoms with E-state index in [-0.39, 0.29) is 12.1 Å². The molecule has 5 heteroatoms. The molecule has 2 aliphatic rings. The first-order chi connectivity index (χ1) is 10.8. The van der Waals surface area contributed by atoms with Gasteiger partial charge in [-0.1, -0.05) is 24.3 Å². The maximum atomic E-state index is 10.6. The zero-order valence-corrected chi connectivity index (χ0v) is 12.1. The second-order valence-corrected chi connectivity index (χ2v) is 5.67. The average molecular weight is 298 g/mol. The minimum absolute atomic E-state index is 0.241. The lowest BCUT2D eigenvalue weighted by Crippen LogP contribution is -2.58. The lowest BCUT2D eigenvalue weighted by atomic mass is 9.98. The van der Waals surface area contributed by atoms with E-state index in [1.807, 2.05) is 48.5 Å². The van der Waals surface area contributed by atoms with Crippen molar-refractivity contribution in [1.82, 2.24) is 0 Å². The third-order valence-corrected chi connectivity index (χ3v) is 4.23. The molecule has 0 aromatic heterocycles. The van der Waals surface area contributed by atoms with Gasteiger partial charge in [0.05, 0.1) is 42.8 Å². The first-order valence-corrected chi connectivity index (χ1v) is 7.42. The molecule has 0 radical (unpaired) electrons. The van der Waals surface area contributed by atoms with Crippen LogP contribution in [0.2, 0.25) is 0 Å². The maximum absolute atomic E-state index is 10.6. The van der Waals surface area contributed by atoms with Gasteiger partial charge in [0.2, 0.25) is 0 Å². The van der Waals surface area contributed by atoms with Crippen LogP contribution in [0.15, 0.2) is 48.5 Å². The summed E-state index contributed by atoms with van der Waals surface area (Å²) >= 11 is 0. The van der Waals surface area contributed by atoms with E-state index in [0.717, 1.165) is 22.9 Å². The van der Waals surface area contributed by atoms with Crippen molar-refractivity contribution in [2.45, 2.75) is 18.2 Å². The Labute approximate surface area is 128 Å². The Balaban J connectivity index is 1.84. The fraction of sp³-hybridized carbons (Fsp3) is 0.294. The van der Waals surface area contributed by atoms with Crippen LogP contribution in [0.25, 0.3) is 0 Å². The molecule has 0 saturated carbocycles. The molecule has 4 rings (SSSR count). The summed E-state index contributed by atoms with van der Waals surface area (Å²) in [7, 11) is 0. The van der Waals surface area contributed by atoms with E-state index in [2.05, 4.69) is 4.90 Å². The number of benzene rings is 2. The van der Waals surface area contributed by atoms with Gasteiger partial charge in [-0.05, 0) is 24.3 Å². The SMILES string of the molecule is NC1COCC(N2c3ccccc3Oc3ccccc32)C1O. The number of nitrogens with two attached hydrogens (primary N) is 1. The molecule has 3 N–H and O–H groups in total. The fourth-order valence-electron chi connectivity index (χ4n) is 3.13. The molecule has 5 nitrogen and oxygen atoms in total. The minimum Gasteiger partial charge on any atom is -0.453 e. The molecule has 1 fully saturated rings. The third kappa shape index (κ3) is 2.06. The van der Waals surface area contributed by atoms with Crippen LogP contribution in [0.3, 0.4) is 0 Å². The zero-order valence-electron chi connectivity index (χ0n) is 12.1. The van der Waals surface area contributed by atoms with E-state index >= 15 is 0 Å². The van der Waals surface area contributed by atoms with Gasteiger partial charge in [-0.25, -0.2) is 0 Å². The molecule has 0 amide bonds. The monoisotopic (exact) mass is 298 g/mol. The number of hydrogen-bond acceptors (Lipinski definition) is 5. The van der Waals surface area contributed by atoms with Gasteiger partial charge in [-0.3, -0.25) is 0 Å². The van der Waals surface area contributed by atoms with E-state index < -0.39 is 6.10 Å². The Hall–Kier alpha value is -2.08. The molecule has 2 heterocycles. The fourth-order valence-corrected chi connectivity index (χ4v) is 3.13. The van der Waals surface area contributed by atoms with Crippen molar-refractivity contribution >= 4 is 11.4 Å². The highest BCUT2D eigenvalue weighted by Crippen LogP contribution is 2.48. The van der Waals surface area contributed by atoms with Crippen molar-refractivity contribution in [2.24, 2.45) is 5.73 Å². The number of aliphatic hydroxyl groups is 1. The van der Waals surface area contributed by atoms with Crippen LogP contribution < -0.4 is 15.4 Å². The molecular formula is C17H18N2O3. The highest BCUT2D eigenvalue weighted by molar-refractivity contribution is 5.78. The largest absolute Gasteiger partial charge is 0.453 e. The highest BCUT2D eigenvalue weighted by atomic mass is 16.5. The predicted molar refractivity (Wildman–Crippen MR) is 83.7 cm³/mol. The number of rotatable bonds is 1. The van der Waals surface area contributed by atoms with E-state index in [1.165, 1.54) is 0 Å². The molecule has 3 atom stereocenters. The predicted octanol–water partition coefficient (Wildman–Crippen LogP) is 2.02. The summed E-state index contributed by atoms with van der Waals surface area (Å²) in [6, 6.07) is 15.0. The number of ether oxygens (including phenoxy) is 2. The number of nitrogens with zero attached hydrogens (tertiary/aromatic N) is 1. The molecular weight excluding hydrogens is 280 g/mol. The Morgan fingerprint density at radius 1 is 0.955 bits per heavy atom. The van der Waals surface area contributed by atoms with Gasteiger partial charge >= 0.3 is 0 Å². The first-order valence-electron chi connectivity index (χ1n) is 7.42. The van der Waals surface area contributed by atoms with Crippen LogP contribution in [0, 0.1) is 0 Å². The van der Waals surface area contributed by atoms with Crippen molar-refractivity contribution in [3.63, 3.8) is 0 Å². The smallest absolute Gasteiger partial charge is 0.151 e. The summed E-state index contributed by atoms with van der Waals surface area (Å²) in [5, 5.41) is 10.6. The molecule has 2 aromatic rings. The second-order valence-electron chi connectivity index (χ2n) is 5.67. The summed E-state index contributed by atoms with van der Waals surface area (Å²) in [5.74, 6) is 1.54. The van der Waals surface area contributed by atoms with Crippen molar-refractivity contribution < 1.29 is 14.6 Å². The van der Waals surface area contributed by atoms with Crippen LogP contribution in [0.1, 0.15) is 0 Å². The van der Waals surface area contributed by atoms with Crippen molar-refractivity contribution in [3.05, 3.63) is 48.5 Å². The maximum Gasteiger partial charge on any atom is 0.151 e. The van der Waals surface area contributed by atoms with Crippen LogP contribution in [0.5, 0.6) is 11.5 Å². The lowest BCUT2D eigenvalue weighted by molar-refractivity contribution is -0.0195. The standard InChI is InChI=1S/C17H18N2O3/c18-11-9-21-10-14(17(11)20)19-12-5-1-3-7-15(12)22-16-8-4-2-6-13(16)19/h1-8,11,14,17,20H,9-10,18H2. The zero-order chi connectivity index (χ0) is 15.1. The Kier molecular flexibility index (Phi) is 3.26. The second kappa shape index (κ2) is 5.28. The van der Waals surface area contributed by atoms with Crippen molar-refractivity contribution in [1.29, 1.82) is 0 Å². The van der Waals surface area contributed by atoms with E-state index in [1.54, 1.807) is 0 Å². The average Bonchev–Trinajstić information content (AvgIpc) is 2.55. The summed E-state index contributed by atoms with van der Waals surface area (Å²) in [4.78, 5) is 2.08. The molecule has 0 spiro atoms. The van der Waals surface area contributed by atoms with Gasteiger partial charge in [0, 0.05) is 0 Å². The van der Waals surface area contributed by atoms with Gasteiger partial charge < -0.3 is 25.2 Å². The third-order valence-electron chi connectivity index (χ3n) is 4.23. The number of hydrogen-bond donors (Lipinski definition) is 2. The van der Waals surface area contributed by atoms with Gasteiger partial charge in [-0.2, -0.15) is 0 Å². The number of para-hydroxylation sites is 4. The van der Waals surface area contributed by atoms with E-state index in [0.29, 0.717) is 13.2 Å². The van der Waals surface area contributed by atoms with E-state index in [4.69, 9.17) is 15.2 Å². The molecule has 2 aromatic carbocycles. The first kappa shape index (κ1) is 13.6. The van der Waals surface area contributed by atoms with Crippen molar-refractivity contribution in [3.8, 4) is 11.5 Å². The number of anilines is 2. The Bertz CT molecular complexity index is 646. The molecule has 114 valence electrons. The summed E-state index contributed by atoms with van der Waals surface area (Å²) in [5.41, 5.74) is 7.82. The number of fused-ring (bicyclic) bond motifs is 2. The lowest BCUT2D eigenvalue weighted by Gasteiger charge is -2.43. The van der Waals surface area contributed by atoms with Crippen LogP contribution in [-0.2, 0) is 4.74 Å². The minimum atomic E-state index is -0.659. The van der Waals surface area contributed by atoms with Crippen molar-refractivity contribution in [2.75, 3.05) is 18.1 Å². The summed E-state index contributed by atoms with van der Waals surface area (Å²) < 4.78 is 11.5. The van der Waals surface area contributed by atoms with Gasteiger partial charge in [0.15, 0.2) is 11.5 Å². The topological polar surface area (TPSA) is 68.0 Å². The molecule has 2 aliphatic heterocycles. The quantitative estimate of drug-likeness (QED) is 0.843. The Morgan fingerprint density at radius 2 is 1.55 bits per heavy atom.